The van der Waals surface area contributed by atoms with Gasteiger partial charge in [-0.25, -0.2) is 0 Å². The van der Waals surface area contributed by atoms with Gasteiger partial charge in [0, 0.05) is 23.9 Å². The van der Waals surface area contributed by atoms with Crippen molar-refractivity contribution in [3.63, 3.8) is 0 Å². The molecule has 0 bridgehead atoms. The second-order valence-corrected chi connectivity index (χ2v) is 5.59. The zero-order valence-corrected chi connectivity index (χ0v) is 9.25. The lowest BCUT2D eigenvalue weighted by molar-refractivity contribution is 0.531. The van der Waals surface area contributed by atoms with Gasteiger partial charge in [0.05, 0.1) is 0 Å². The van der Waals surface area contributed by atoms with E-state index >= 15 is 0 Å². The van der Waals surface area contributed by atoms with Crippen molar-refractivity contribution in [3.05, 3.63) is 0 Å². The summed E-state index contributed by atoms with van der Waals surface area (Å²) in [7, 11) is 0. The van der Waals surface area contributed by atoms with E-state index in [1.807, 2.05) is 11.8 Å². The SMILES string of the molecule is CSC1(CNCC2CCCN2)CC1. The van der Waals surface area contributed by atoms with Crippen LogP contribution in [0.2, 0.25) is 0 Å². The van der Waals surface area contributed by atoms with Gasteiger partial charge in [0.2, 0.25) is 0 Å². The summed E-state index contributed by atoms with van der Waals surface area (Å²) in [6.45, 7) is 3.61. The summed E-state index contributed by atoms with van der Waals surface area (Å²) >= 11 is 2.04. The molecule has 0 spiro atoms. The summed E-state index contributed by atoms with van der Waals surface area (Å²) in [6, 6.07) is 0.748. The molecule has 2 rings (SSSR count). The van der Waals surface area contributed by atoms with Crippen LogP contribution in [0.4, 0.5) is 0 Å². The van der Waals surface area contributed by atoms with Crippen molar-refractivity contribution in [2.75, 3.05) is 25.9 Å². The average Bonchev–Trinajstić information content (AvgIpc) is 2.74. The van der Waals surface area contributed by atoms with E-state index < -0.39 is 0 Å². The largest absolute Gasteiger partial charge is 0.314 e. The molecular formula is C10H20N2S. The van der Waals surface area contributed by atoms with Gasteiger partial charge in [-0.3, -0.25) is 0 Å². The first-order chi connectivity index (χ1) is 6.35. The maximum atomic E-state index is 3.60. The molecule has 13 heavy (non-hydrogen) atoms. The summed E-state index contributed by atoms with van der Waals surface area (Å²) in [4.78, 5) is 0. The van der Waals surface area contributed by atoms with Crippen LogP contribution in [0.5, 0.6) is 0 Å². The van der Waals surface area contributed by atoms with E-state index in [1.165, 1.54) is 45.3 Å². The minimum absolute atomic E-state index is 0.624. The lowest BCUT2D eigenvalue weighted by atomic mass is 10.2. The van der Waals surface area contributed by atoms with Gasteiger partial charge in [0.1, 0.15) is 0 Å². The van der Waals surface area contributed by atoms with Crippen LogP contribution in [-0.2, 0) is 0 Å². The van der Waals surface area contributed by atoms with Crippen LogP contribution >= 0.6 is 11.8 Å². The summed E-state index contributed by atoms with van der Waals surface area (Å²) in [6.07, 6.45) is 7.79. The Balaban J connectivity index is 1.58. The highest BCUT2D eigenvalue weighted by molar-refractivity contribution is 8.00. The van der Waals surface area contributed by atoms with Gasteiger partial charge in [-0.05, 0) is 38.5 Å². The third-order valence-electron chi connectivity index (χ3n) is 3.24. The van der Waals surface area contributed by atoms with E-state index in [0.29, 0.717) is 4.75 Å². The van der Waals surface area contributed by atoms with Crippen LogP contribution in [0.1, 0.15) is 25.7 Å². The summed E-state index contributed by atoms with van der Waals surface area (Å²) in [5.41, 5.74) is 0. The standard InChI is InChI=1S/C10H20N2S/c1-13-10(4-5-10)8-11-7-9-3-2-6-12-9/h9,11-12H,2-8H2,1H3. The van der Waals surface area contributed by atoms with E-state index in [-0.39, 0.29) is 0 Å². The van der Waals surface area contributed by atoms with Gasteiger partial charge in [-0.15, -0.1) is 0 Å². The molecule has 1 saturated carbocycles. The van der Waals surface area contributed by atoms with Crippen molar-refractivity contribution < 1.29 is 0 Å². The molecule has 1 aliphatic carbocycles. The molecule has 76 valence electrons. The van der Waals surface area contributed by atoms with E-state index in [4.69, 9.17) is 0 Å². The average molecular weight is 200 g/mol. The van der Waals surface area contributed by atoms with E-state index in [0.717, 1.165) is 6.04 Å². The lowest BCUT2D eigenvalue weighted by Crippen LogP contribution is -2.37. The van der Waals surface area contributed by atoms with Crippen LogP contribution in [0, 0.1) is 0 Å². The predicted octanol–water partition coefficient (Wildman–Crippen LogP) is 1.22. The second-order valence-electron chi connectivity index (χ2n) is 4.31. The van der Waals surface area contributed by atoms with Gasteiger partial charge < -0.3 is 10.6 Å². The smallest absolute Gasteiger partial charge is 0.0282 e. The quantitative estimate of drug-likeness (QED) is 0.698. The molecule has 0 aromatic carbocycles. The minimum atomic E-state index is 0.624. The normalized spacial score (nSPS) is 30.7. The van der Waals surface area contributed by atoms with E-state index in [1.54, 1.807) is 0 Å². The van der Waals surface area contributed by atoms with Crippen molar-refractivity contribution in [2.24, 2.45) is 0 Å². The summed E-state index contributed by atoms with van der Waals surface area (Å²) in [5.74, 6) is 0. The Morgan fingerprint density at radius 3 is 2.92 bits per heavy atom. The Labute approximate surface area is 85.2 Å². The number of hydrogen-bond donors (Lipinski definition) is 2. The lowest BCUT2D eigenvalue weighted by Gasteiger charge is -2.16. The van der Waals surface area contributed by atoms with Crippen LogP contribution in [0.3, 0.4) is 0 Å². The molecule has 1 unspecified atom stereocenters. The molecule has 1 heterocycles. The van der Waals surface area contributed by atoms with Crippen LogP contribution in [-0.4, -0.2) is 36.7 Å². The van der Waals surface area contributed by atoms with Crippen molar-refractivity contribution in [2.45, 2.75) is 36.5 Å². The third-order valence-corrected chi connectivity index (χ3v) is 4.66. The van der Waals surface area contributed by atoms with E-state index in [2.05, 4.69) is 16.9 Å². The fourth-order valence-corrected chi connectivity index (χ4v) is 2.75. The van der Waals surface area contributed by atoms with Gasteiger partial charge in [0.15, 0.2) is 0 Å². The van der Waals surface area contributed by atoms with Crippen molar-refractivity contribution in [3.8, 4) is 0 Å². The highest BCUT2D eigenvalue weighted by Crippen LogP contribution is 2.46. The molecule has 0 amide bonds. The first kappa shape index (κ1) is 9.81. The minimum Gasteiger partial charge on any atom is -0.314 e. The van der Waals surface area contributed by atoms with E-state index in [9.17, 15) is 0 Å². The molecule has 1 saturated heterocycles. The predicted molar refractivity (Wildman–Crippen MR) is 59.4 cm³/mol. The molecule has 2 N–H and O–H groups in total. The maximum Gasteiger partial charge on any atom is 0.0282 e. The molecule has 2 fully saturated rings. The summed E-state index contributed by atoms with van der Waals surface area (Å²) in [5, 5.41) is 7.11. The van der Waals surface area contributed by atoms with Crippen LogP contribution < -0.4 is 10.6 Å². The monoisotopic (exact) mass is 200 g/mol. The van der Waals surface area contributed by atoms with Gasteiger partial charge >= 0.3 is 0 Å². The maximum absolute atomic E-state index is 3.60. The number of rotatable bonds is 5. The van der Waals surface area contributed by atoms with Crippen molar-refractivity contribution in [1.29, 1.82) is 0 Å². The van der Waals surface area contributed by atoms with Crippen molar-refractivity contribution >= 4 is 11.8 Å². The Hall–Kier alpha value is 0.270. The molecule has 0 aromatic rings. The number of hydrogen-bond acceptors (Lipinski definition) is 3. The highest BCUT2D eigenvalue weighted by atomic mass is 32.2. The molecule has 3 heteroatoms. The van der Waals surface area contributed by atoms with Crippen LogP contribution in [0.15, 0.2) is 0 Å². The Morgan fingerprint density at radius 2 is 2.38 bits per heavy atom. The fourth-order valence-electron chi connectivity index (χ4n) is 2.00. The molecule has 2 aliphatic rings. The summed E-state index contributed by atoms with van der Waals surface area (Å²) < 4.78 is 0.624. The molecule has 1 aliphatic heterocycles. The Morgan fingerprint density at radius 1 is 1.54 bits per heavy atom. The van der Waals surface area contributed by atoms with Gasteiger partial charge in [-0.2, -0.15) is 11.8 Å². The first-order valence-electron chi connectivity index (χ1n) is 5.34. The number of thioether (sulfide) groups is 1. The zero-order valence-electron chi connectivity index (χ0n) is 8.44. The van der Waals surface area contributed by atoms with Crippen LogP contribution in [0.25, 0.3) is 0 Å². The molecule has 0 aromatic heterocycles. The van der Waals surface area contributed by atoms with Gasteiger partial charge in [-0.1, -0.05) is 0 Å². The zero-order chi connectivity index (χ0) is 9.15. The van der Waals surface area contributed by atoms with Gasteiger partial charge in [0.25, 0.3) is 0 Å². The first-order valence-corrected chi connectivity index (χ1v) is 6.56. The Bertz CT molecular complexity index is 162. The second kappa shape index (κ2) is 4.20. The fraction of sp³-hybridized carbons (Fsp3) is 1.00. The molecule has 0 radical (unpaired) electrons. The number of nitrogens with one attached hydrogen (secondary N) is 2. The Kier molecular flexibility index (Phi) is 3.17. The molecule has 2 nitrogen and oxygen atoms in total. The third kappa shape index (κ3) is 2.61. The highest BCUT2D eigenvalue weighted by Gasteiger charge is 2.41. The molecular weight excluding hydrogens is 180 g/mol. The molecule has 1 atom stereocenters. The topological polar surface area (TPSA) is 24.1 Å². The van der Waals surface area contributed by atoms with Crippen molar-refractivity contribution in [1.82, 2.24) is 10.6 Å².